The Morgan fingerprint density at radius 3 is 2.68 bits per heavy atom. The Labute approximate surface area is 196 Å². The molecule has 0 bridgehead atoms. The fourth-order valence-electron chi connectivity index (χ4n) is 4.56. The zero-order valence-corrected chi connectivity index (χ0v) is 19.4. The largest absolute Gasteiger partial charge is 0.419 e. The minimum Gasteiger partial charge on any atom is -0.408 e. The number of oxazole rings is 1. The van der Waals surface area contributed by atoms with Gasteiger partial charge in [-0.05, 0) is 61.3 Å². The van der Waals surface area contributed by atoms with Gasteiger partial charge >= 0.3 is 5.76 Å². The van der Waals surface area contributed by atoms with E-state index in [1.165, 1.54) is 17.7 Å². The molecule has 3 atom stereocenters. The summed E-state index contributed by atoms with van der Waals surface area (Å²) in [6.45, 7) is 0.890. The van der Waals surface area contributed by atoms with Crippen molar-refractivity contribution in [2.75, 3.05) is 20.7 Å². The van der Waals surface area contributed by atoms with Gasteiger partial charge < -0.3 is 19.4 Å². The number of nitrogens with one attached hydrogen (secondary N) is 1. The molecule has 1 aliphatic heterocycles. The lowest BCUT2D eigenvalue weighted by molar-refractivity contribution is -0.134. The third-order valence-electron chi connectivity index (χ3n) is 6.51. The number of halogens is 1. The van der Waals surface area contributed by atoms with Crippen LogP contribution in [0.3, 0.4) is 0 Å². The average molecular weight is 467 g/mol. The van der Waals surface area contributed by atoms with Crippen LogP contribution in [0.25, 0.3) is 22.2 Å². The highest BCUT2D eigenvalue weighted by Gasteiger charge is 2.35. The molecule has 0 unspecified atom stereocenters. The van der Waals surface area contributed by atoms with Crippen molar-refractivity contribution in [1.29, 1.82) is 5.26 Å². The predicted molar refractivity (Wildman–Crippen MR) is 125 cm³/mol. The number of benzene rings is 2. The van der Waals surface area contributed by atoms with Crippen LogP contribution in [0.1, 0.15) is 18.4 Å². The molecule has 3 aromatic rings. The summed E-state index contributed by atoms with van der Waals surface area (Å²) in [4.78, 5) is 26.6. The third-order valence-corrected chi connectivity index (χ3v) is 6.51. The van der Waals surface area contributed by atoms with Crippen LogP contribution in [0, 0.1) is 17.1 Å². The van der Waals surface area contributed by atoms with Crippen LogP contribution < -0.4 is 11.1 Å². The van der Waals surface area contributed by atoms with Crippen LogP contribution in [0.4, 0.5) is 4.39 Å². The number of likely N-dealkylation sites (N-methyl/N-ethyl adjacent to an activating group) is 1. The first kappa shape index (κ1) is 23.7. The molecule has 1 aliphatic rings. The number of hydrogen-bond donors (Lipinski definition) is 1. The van der Waals surface area contributed by atoms with Crippen molar-refractivity contribution in [3.63, 3.8) is 0 Å². The van der Waals surface area contributed by atoms with Gasteiger partial charge in [-0.2, -0.15) is 5.26 Å². The molecule has 2 aromatic carbocycles. The monoisotopic (exact) mass is 466 g/mol. The molecule has 2 heterocycles. The summed E-state index contributed by atoms with van der Waals surface area (Å²) in [6.07, 6.45) is 1.16. The number of aromatic nitrogens is 1. The van der Waals surface area contributed by atoms with Crippen molar-refractivity contribution in [2.24, 2.45) is 7.05 Å². The van der Waals surface area contributed by atoms with E-state index >= 15 is 0 Å². The maximum absolute atomic E-state index is 15.0. The molecule has 0 radical (unpaired) electrons. The highest BCUT2D eigenvalue weighted by molar-refractivity contribution is 5.82. The summed E-state index contributed by atoms with van der Waals surface area (Å²) in [5.41, 5.74) is 2.74. The number of rotatable bonds is 7. The van der Waals surface area contributed by atoms with Crippen molar-refractivity contribution in [3.05, 3.63) is 58.3 Å². The second-order valence-electron chi connectivity index (χ2n) is 8.66. The van der Waals surface area contributed by atoms with E-state index in [4.69, 9.17) is 9.15 Å². The molecule has 8 nitrogen and oxygen atoms in total. The third kappa shape index (κ3) is 4.60. The van der Waals surface area contributed by atoms with E-state index in [1.54, 1.807) is 37.4 Å². The molecule has 4 rings (SSSR count). The number of carbonyl (C=O) groups is 1. The number of nitriles is 1. The fourth-order valence-corrected chi connectivity index (χ4v) is 4.56. The molecule has 0 aliphatic carbocycles. The molecule has 1 aromatic heterocycles. The Morgan fingerprint density at radius 1 is 1.29 bits per heavy atom. The van der Waals surface area contributed by atoms with Gasteiger partial charge in [0, 0.05) is 26.6 Å². The molecule has 0 spiro atoms. The van der Waals surface area contributed by atoms with E-state index < -0.39 is 23.7 Å². The van der Waals surface area contributed by atoms with Crippen LogP contribution >= 0.6 is 0 Å². The van der Waals surface area contributed by atoms with Crippen molar-refractivity contribution >= 4 is 17.0 Å². The molecular weight excluding hydrogens is 439 g/mol. The highest BCUT2D eigenvalue weighted by atomic mass is 19.1. The van der Waals surface area contributed by atoms with E-state index in [0.717, 1.165) is 24.9 Å². The summed E-state index contributed by atoms with van der Waals surface area (Å²) in [5, 5.41) is 12.3. The lowest BCUT2D eigenvalue weighted by atomic mass is 9.99. The first-order valence-electron chi connectivity index (χ1n) is 11.1. The van der Waals surface area contributed by atoms with Gasteiger partial charge in [-0.3, -0.25) is 9.36 Å². The number of likely N-dealkylation sites (tertiary alicyclic amines) is 1. The van der Waals surface area contributed by atoms with Crippen LogP contribution in [0.15, 0.2) is 45.6 Å². The predicted octanol–water partition coefficient (Wildman–Crippen LogP) is 2.60. The Kier molecular flexibility index (Phi) is 6.82. The summed E-state index contributed by atoms with van der Waals surface area (Å²) in [5.74, 6) is -1.32. The molecule has 178 valence electrons. The van der Waals surface area contributed by atoms with Gasteiger partial charge in [0.15, 0.2) is 11.7 Å². The standard InChI is InChI=1S/C25H27FN4O4/c1-29-10-4-5-20(29)23(33-3)24(31)28-18(14-27)11-17-7-6-15(12-19(17)26)16-8-9-22-21(13-16)30(2)25(32)34-22/h6-9,12-13,18,20,23H,4-5,10-11H2,1-3H3,(H,28,31)/t18-,20+,23-/m0/s1. The number of methoxy groups -OCH3 is 1. The summed E-state index contributed by atoms with van der Waals surface area (Å²) in [7, 11) is 5.03. The molecule has 1 amide bonds. The van der Waals surface area contributed by atoms with Gasteiger partial charge in [0.1, 0.15) is 11.9 Å². The van der Waals surface area contributed by atoms with E-state index in [9.17, 15) is 19.2 Å². The van der Waals surface area contributed by atoms with Gasteiger partial charge in [-0.15, -0.1) is 0 Å². The van der Waals surface area contributed by atoms with E-state index in [-0.39, 0.29) is 18.4 Å². The SMILES string of the molecule is CO[C@H](C(=O)N[C@H](C#N)Cc1ccc(-c2ccc3oc(=O)n(C)c3c2)cc1F)[C@H]1CCCN1C. The lowest BCUT2D eigenvalue weighted by Crippen LogP contribution is -2.50. The van der Waals surface area contributed by atoms with Crippen molar-refractivity contribution in [3.8, 4) is 17.2 Å². The number of hydrogen-bond acceptors (Lipinski definition) is 6. The Hall–Kier alpha value is -3.48. The smallest absolute Gasteiger partial charge is 0.408 e. The Bertz CT molecular complexity index is 1310. The van der Waals surface area contributed by atoms with Gasteiger partial charge in [-0.1, -0.05) is 18.2 Å². The first-order chi connectivity index (χ1) is 16.3. The number of amides is 1. The minimum atomic E-state index is -0.894. The van der Waals surface area contributed by atoms with Crippen molar-refractivity contribution in [2.45, 2.75) is 37.5 Å². The van der Waals surface area contributed by atoms with Gasteiger partial charge in [0.2, 0.25) is 0 Å². The quantitative estimate of drug-likeness (QED) is 0.575. The highest BCUT2D eigenvalue weighted by Crippen LogP contribution is 2.26. The zero-order chi connectivity index (χ0) is 24.4. The zero-order valence-electron chi connectivity index (χ0n) is 19.4. The Balaban J connectivity index is 1.49. The van der Waals surface area contributed by atoms with E-state index in [1.807, 2.05) is 7.05 Å². The number of nitrogens with zero attached hydrogens (tertiary/aromatic N) is 3. The van der Waals surface area contributed by atoms with Crippen LogP contribution in [0.2, 0.25) is 0 Å². The van der Waals surface area contributed by atoms with Crippen molar-refractivity contribution in [1.82, 2.24) is 14.8 Å². The number of fused-ring (bicyclic) bond motifs is 1. The number of ether oxygens (including phenoxy) is 1. The second kappa shape index (κ2) is 9.79. The van der Waals surface area contributed by atoms with Crippen molar-refractivity contribution < 1.29 is 18.3 Å². The summed E-state index contributed by atoms with van der Waals surface area (Å²) < 4.78 is 26.9. The van der Waals surface area contributed by atoms with Crippen LogP contribution in [-0.2, 0) is 23.0 Å². The van der Waals surface area contributed by atoms with Gasteiger partial charge in [0.25, 0.3) is 5.91 Å². The molecule has 9 heteroatoms. The molecule has 0 saturated carbocycles. The van der Waals surface area contributed by atoms with Gasteiger partial charge in [0.05, 0.1) is 11.6 Å². The molecular formula is C25H27FN4O4. The molecule has 1 saturated heterocycles. The maximum atomic E-state index is 15.0. The molecule has 1 N–H and O–H groups in total. The van der Waals surface area contributed by atoms with E-state index in [0.29, 0.717) is 22.2 Å². The summed E-state index contributed by atoms with van der Waals surface area (Å²) >= 11 is 0. The van der Waals surface area contributed by atoms with E-state index in [2.05, 4.69) is 16.3 Å². The summed E-state index contributed by atoms with van der Waals surface area (Å²) in [6, 6.07) is 11.0. The average Bonchev–Trinajstić information content (AvgIpc) is 3.37. The number of carbonyl (C=O) groups excluding carboxylic acids is 1. The fraction of sp³-hybridized carbons (Fsp3) is 0.400. The van der Waals surface area contributed by atoms with Crippen LogP contribution in [-0.4, -0.2) is 54.3 Å². The minimum absolute atomic E-state index is 0.0283. The normalized spacial score (nSPS) is 18.0. The second-order valence-corrected chi connectivity index (χ2v) is 8.66. The maximum Gasteiger partial charge on any atom is 0.419 e. The first-order valence-corrected chi connectivity index (χ1v) is 11.1. The lowest BCUT2D eigenvalue weighted by Gasteiger charge is -2.27. The number of aryl methyl sites for hydroxylation is 1. The topological polar surface area (TPSA) is 100 Å². The van der Waals surface area contributed by atoms with Gasteiger partial charge in [-0.25, -0.2) is 9.18 Å². The molecule has 34 heavy (non-hydrogen) atoms. The Morgan fingerprint density at radius 2 is 2.03 bits per heavy atom. The molecule has 1 fully saturated rings. The van der Waals surface area contributed by atoms with Crippen LogP contribution in [0.5, 0.6) is 0 Å².